The summed E-state index contributed by atoms with van der Waals surface area (Å²) in [6.45, 7) is 15.6. The molecule has 328 valence electrons. The number of aryl methyl sites for hydroxylation is 1. The zero-order chi connectivity index (χ0) is 44.1. The van der Waals surface area contributed by atoms with Gasteiger partial charge in [-0.2, -0.15) is 10.1 Å². The molecular formula is C47H56N12O4. The monoisotopic (exact) mass is 852 g/mol. The first-order valence-electron chi connectivity index (χ1n) is 21.8. The molecule has 0 bridgehead atoms. The SMILES string of the molecule is CNC(=O)N(CCC=O)c1ccc(N2CCC(CN3CCN(c4ccc(-c5cnc6n[nH]c(-c7ccc(CNC(=O)c8nc(C(C)(C)C)no8)c(C)c7)c6c5)cn4)CC3)CC2)cc1. The van der Waals surface area contributed by atoms with Crippen molar-refractivity contribution in [2.24, 2.45) is 5.92 Å². The number of benzene rings is 2. The number of nitrogens with one attached hydrogen (secondary N) is 3. The Morgan fingerprint density at radius 1 is 0.905 bits per heavy atom. The van der Waals surface area contributed by atoms with Gasteiger partial charge < -0.3 is 29.8 Å². The van der Waals surface area contributed by atoms with E-state index in [1.54, 1.807) is 11.9 Å². The predicted octanol–water partition coefficient (Wildman–Crippen LogP) is 6.38. The third-order valence-corrected chi connectivity index (χ3v) is 12.1. The van der Waals surface area contributed by atoms with Gasteiger partial charge in [-0.15, -0.1) is 0 Å². The van der Waals surface area contributed by atoms with Crippen LogP contribution in [0.4, 0.5) is 22.0 Å². The molecule has 63 heavy (non-hydrogen) atoms. The third kappa shape index (κ3) is 9.86. The van der Waals surface area contributed by atoms with Gasteiger partial charge in [-0.3, -0.25) is 19.7 Å². The summed E-state index contributed by atoms with van der Waals surface area (Å²) in [6, 6.07) is 20.3. The highest BCUT2D eigenvalue weighted by atomic mass is 16.5. The van der Waals surface area contributed by atoms with Crippen LogP contribution in [-0.4, -0.2) is 113 Å². The summed E-state index contributed by atoms with van der Waals surface area (Å²) >= 11 is 0. The average Bonchev–Trinajstić information content (AvgIpc) is 3.98. The highest BCUT2D eigenvalue weighted by Gasteiger charge is 2.26. The van der Waals surface area contributed by atoms with E-state index in [4.69, 9.17) is 9.51 Å². The largest absolute Gasteiger partial charge is 0.372 e. The number of aromatic amines is 1. The number of carbonyl (C=O) groups is 3. The normalized spacial score (nSPS) is 15.1. The molecule has 2 aliphatic rings. The number of aromatic nitrogens is 6. The molecule has 2 aromatic carbocycles. The minimum atomic E-state index is -0.409. The first-order chi connectivity index (χ1) is 30.5. The molecule has 16 heteroatoms. The van der Waals surface area contributed by atoms with Crippen molar-refractivity contribution in [2.45, 2.75) is 58.9 Å². The van der Waals surface area contributed by atoms with Crippen LogP contribution >= 0.6 is 0 Å². The van der Waals surface area contributed by atoms with E-state index < -0.39 is 5.91 Å². The van der Waals surface area contributed by atoms with Gasteiger partial charge in [-0.25, -0.2) is 14.8 Å². The fraction of sp³-hybridized carbons (Fsp3) is 0.404. The van der Waals surface area contributed by atoms with Crippen LogP contribution in [0.5, 0.6) is 0 Å². The summed E-state index contributed by atoms with van der Waals surface area (Å²) in [6.07, 6.45) is 7.20. The number of carbonyl (C=O) groups excluding carboxylic acids is 3. The van der Waals surface area contributed by atoms with E-state index >= 15 is 0 Å². The molecule has 2 saturated heterocycles. The quantitative estimate of drug-likeness (QED) is 0.109. The van der Waals surface area contributed by atoms with Gasteiger partial charge in [0.25, 0.3) is 0 Å². The molecule has 0 atom stereocenters. The summed E-state index contributed by atoms with van der Waals surface area (Å²) in [7, 11) is 1.60. The fourth-order valence-electron chi connectivity index (χ4n) is 8.35. The maximum atomic E-state index is 12.7. The number of rotatable bonds is 13. The standard InChI is InChI=1S/C47H56N12O4/c1-31-25-33(7-8-34(31)27-51-43(61)44-52-45(55-63-44)47(2,3)4)41-39-26-36(29-50-42(39)54-53-41)35-9-14-40(49-28-35)58-22-20-56(21-23-58)30-32-15-18-57(19-16-32)37-10-12-38(13-11-37)59(17-6-24-60)46(62)48-5/h7-14,24-26,28-29,32H,6,15-23,27,30H2,1-5H3,(H,48,62)(H,51,61)(H,50,53,54). The number of hydrogen-bond donors (Lipinski definition) is 3. The molecule has 8 rings (SSSR count). The smallest absolute Gasteiger partial charge is 0.321 e. The van der Waals surface area contributed by atoms with Crippen LogP contribution in [0, 0.1) is 12.8 Å². The maximum absolute atomic E-state index is 12.7. The number of piperazine rings is 1. The summed E-state index contributed by atoms with van der Waals surface area (Å²) in [4.78, 5) is 58.9. The van der Waals surface area contributed by atoms with E-state index in [2.05, 4.69) is 87.1 Å². The molecule has 0 radical (unpaired) electrons. The van der Waals surface area contributed by atoms with Gasteiger partial charge in [0, 0.05) is 124 Å². The molecule has 0 aliphatic carbocycles. The van der Waals surface area contributed by atoms with Gasteiger partial charge in [0.2, 0.25) is 0 Å². The lowest BCUT2D eigenvalue weighted by Gasteiger charge is -2.39. The molecule has 3 amide bonds. The van der Waals surface area contributed by atoms with Crippen LogP contribution in [0.15, 0.2) is 77.6 Å². The van der Waals surface area contributed by atoms with Crippen molar-refractivity contribution in [3.05, 3.63) is 95.9 Å². The second kappa shape index (κ2) is 18.7. The van der Waals surface area contributed by atoms with E-state index in [9.17, 15) is 14.4 Å². The zero-order valence-corrected chi connectivity index (χ0v) is 36.7. The Kier molecular flexibility index (Phi) is 12.8. The second-order valence-electron chi connectivity index (χ2n) is 17.5. The molecular weight excluding hydrogens is 797 g/mol. The highest BCUT2D eigenvalue weighted by Crippen LogP contribution is 2.32. The van der Waals surface area contributed by atoms with E-state index in [-0.39, 0.29) is 17.3 Å². The van der Waals surface area contributed by atoms with Crippen molar-refractivity contribution in [3.8, 4) is 22.4 Å². The highest BCUT2D eigenvalue weighted by molar-refractivity contribution is 5.94. The van der Waals surface area contributed by atoms with Gasteiger partial charge in [-0.05, 0) is 85.3 Å². The lowest BCUT2D eigenvalue weighted by molar-refractivity contribution is -0.107. The van der Waals surface area contributed by atoms with Crippen LogP contribution in [0.1, 0.15) is 67.7 Å². The number of pyridine rings is 2. The summed E-state index contributed by atoms with van der Waals surface area (Å²) in [5.41, 5.74) is 8.04. The fourth-order valence-corrected chi connectivity index (χ4v) is 8.35. The van der Waals surface area contributed by atoms with E-state index in [0.29, 0.717) is 36.9 Å². The van der Waals surface area contributed by atoms with Crippen LogP contribution in [0.3, 0.4) is 0 Å². The van der Waals surface area contributed by atoms with Crippen molar-refractivity contribution in [3.63, 3.8) is 0 Å². The van der Waals surface area contributed by atoms with Crippen LogP contribution in [0.2, 0.25) is 0 Å². The van der Waals surface area contributed by atoms with Crippen molar-refractivity contribution in [1.82, 2.24) is 45.8 Å². The zero-order valence-electron chi connectivity index (χ0n) is 36.7. The number of H-pyrrole nitrogens is 1. The lowest BCUT2D eigenvalue weighted by Crippen LogP contribution is -2.49. The number of fused-ring (bicyclic) bond motifs is 1. The Balaban J connectivity index is 0.820. The number of urea groups is 1. The van der Waals surface area contributed by atoms with Crippen molar-refractivity contribution in [1.29, 1.82) is 0 Å². The lowest BCUT2D eigenvalue weighted by atomic mass is 9.95. The van der Waals surface area contributed by atoms with Gasteiger partial charge in [0.05, 0.1) is 5.69 Å². The molecule has 2 aliphatic heterocycles. The van der Waals surface area contributed by atoms with Gasteiger partial charge in [-0.1, -0.05) is 38.1 Å². The number of amides is 3. The Morgan fingerprint density at radius 2 is 1.65 bits per heavy atom. The van der Waals surface area contributed by atoms with Crippen LogP contribution in [0.25, 0.3) is 33.4 Å². The van der Waals surface area contributed by atoms with E-state index in [1.807, 2.05) is 64.4 Å². The van der Waals surface area contributed by atoms with Gasteiger partial charge in [0.1, 0.15) is 12.1 Å². The van der Waals surface area contributed by atoms with Crippen molar-refractivity contribution in [2.75, 3.05) is 74.1 Å². The Labute approximate surface area is 367 Å². The molecule has 16 nitrogen and oxygen atoms in total. The number of hydrogen-bond acceptors (Lipinski definition) is 12. The molecule has 6 heterocycles. The number of aldehydes is 1. The van der Waals surface area contributed by atoms with Crippen LogP contribution < -0.4 is 25.3 Å². The summed E-state index contributed by atoms with van der Waals surface area (Å²) < 4.78 is 5.20. The number of piperidine rings is 1. The summed E-state index contributed by atoms with van der Waals surface area (Å²) in [5, 5.41) is 18.1. The van der Waals surface area contributed by atoms with Crippen molar-refractivity contribution >= 4 is 46.5 Å². The first-order valence-corrected chi connectivity index (χ1v) is 21.8. The molecule has 3 N–H and O–H groups in total. The molecule has 2 fully saturated rings. The van der Waals surface area contributed by atoms with E-state index in [1.165, 1.54) is 0 Å². The Bertz CT molecular complexity index is 2530. The molecule has 0 saturated carbocycles. The predicted molar refractivity (Wildman–Crippen MR) is 244 cm³/mol. The maximum Gasteiger partial charge on any atom is 0.321 e. The first kappa shape index (κ1) is 43.0. The average molecular weight is 853 g/mol. The molecule has 0 spiro atoms. The van der Waals surface area contributed by atoms with Crippen LogP contribution in [-0.2, 0) is 16.8 Å². The topological polar surface area (TPSA) is 182 Å². The molecule has 0 unspecified atom stereocenters. The van der Waals surface area contributed by atoms with E-state index in [0.717, 1.165) is 121 Å². The van der Waals surface area contributed by atoms with Gasteiger partial charge in [0.15, 0.2) is 11.5 Å². The Hall–Kier alpha value is -6.68. The Morgan fingerprint density at radius 3 is 2.32 bits per heavy atom. The molecule has 4 aromatic heterocycles. The van der Waals surface area contributed by atoms with Crippen molar-refractivity contribution < 1.29 is 18.9 Å². The summed E-state index contributed by atoms with van der Waals surface area (Å²) in [5.74, 6) is 1.67. The number of anilines is 3. The second-order valence-corrected chi connectivity index (χ2v) is 17.5. The molecule has 6 aromatic rings. The number of nitrogens with zero attached hydrogens (tertiary/aromatic N) is 9. The minimum absolute atomic E-state index is 0.0470. The minimum Gasteiger partial charge on any atom is -0.372 e. The third-order valence-electron chi connectivity index (χ3n) is 12.1. The van der Waals surface area contributed by atoms with Gasteiger partial charge >= 0.3 is 17.8 Å².